The van der Waals surface area contributed by atoms with Gasteiger partial charge in [-0.15, -0.1) is 0 Å². The van der Waals surface area contributed by atoms with E-state index < -0.39 is 0 Å². The molecule has 0 aliphatic carbocycles. The summed E-state index contributed by atoms with van der Waals surface area (Å²) in [4.78, 5) is 14.7. The minimum Gasteiger partial charge on any atom is -0.455 e. The third-order valence-electron chi connectivity index (χ3n) is 9.41. The second kappa shape index (κ2) is 11.4. The van der Waals surface area contributed by atoms with Crippen LogP contribution in [0.3, 0.4) is 0 Å². The van der Waals surface area contributed by atoms with Crippen LogP contribution < -0.4 is 0 Å². The van der Waals surface area contributed by atoms with Gasteiger partial charge in [-0.2, -0.15) is 0 Å². The molecule has 0 radical (unpaired) electrons. The molecule has 0 aliphatic rings. The van der Waals surface area contributed by atoms with Crippen LogP contribution in [0.4, 0.5) is 0 Å². The van der Waals surface area contributed by atoms with E-state index in [4.69, 9.17) is 18.8 Å². The predicted molar refractivity (Wildman–Crippen MR) is 202 cm³/mol. The highest BCUT2D eigenvalue weighted by molar-refractivity contribution is 6.19. The lowest BCUT2D eigenvalue weighted by Crippen LogP contribution is -1.96. The van der Waals surface area contributed by atoms with Crippen LogP contribution in [-0.4, -0.2) is 15.0 Å². The Morgan fingerprint density at radius 1 is 0.400 bits per heavy atom. The summed E-state index contributed by atoms with van der Waals surface area (Å²) in [6.45, 7) is 0. The van der Waals surface area contributed by atoms with Gasteiger partial charge in [0.05, 0.1) is 11.4 Å². The summed E-state index contributed by atoms with van der Waals surface area (Å²) in [7, 11) is 0. The Hall–Kier alpha value is -6.85. The summed E-state index contributed by atoms with van der Waals surface area (Å²) in [6.07, 6.45) is 3.66. The van der Waals surface area contributed by atoms with Crippen LogP contribution in [0.1, 0.15) is 0 Å². The first-order chi connectivity index (χ1) is 24.8. The zero-order valence-electron chi connectivity index (χ0n) is 26.7. The summed E-state index contributed by atoms with van der Waals surface area (Å²) in [5.74, 6) is 0.632. The van der Waals surface area contributed by atoms with Crippen LogP contribution >= 0.6 is 0 Å². The van der Waals surface area contributed by atoms with Gasteiger partial charge in [0.1, 0.15) is 22.3 Å². The van der Waals surface area contributed by atoms with Crippen LogP contribution in [0.25, 0.3) is 100 Å². The molecule has 0 amide bonds. The number of benzene rings is 6. The fourth-order valence-corrected chi connectivity index (χ4v) is 7.06. The first kappa shape index (κ1) is 28.2. The van der Waals surface area contributed by atoms with E-state index in [2.05, 4.69) is 102 Å². The largest absolute Gasteiger partial charge is 0.455 e. The van der Waals surface area contributed by atoms with Crippen molar-refractivity contribution in [2.75, 3.05) is 0 Å². The summed E-state index contributed by atoms with van der Waals surface area (Å²) < 4.78 is 13.2. The molecule has 0 unspecified atom stereocenters. The Labute approximate surface area is 287 Å². The van der Waals surface area contributed by atoms with Crippen LogP contribution in [0.5, 0.6) is 0 Å². The Balaban J connectivity index is 1.22. The summed E-state index contributed by atoms with van der Waals surface area (Å²) in [5.41, 5.74) is 11.9. The molecule has 0 N–H and O–H groups in total. The van der Waals surface area contributed by atoms with Crippen molar-refractivity contribution in [2.45, 2.75) is 0 Å². The molecule has 234 valence electrons. The maximum absolute atomic E-state index is 6.74. The minimum atomic E-state index is 0.632. The van der Waals surface area contributed by atoms with E-state index in [0.29, 0.717) is 5.82 Å². The maximum atomic E-state index is 6.74. The van der Waals surface area contributed by atoms with Gasteiger partial charge in [-0.25, -0.2) is 9.97 Å². The quantitative estimate of drug-likeness (QED) is 0.187. The van der Waals surface area contributed by atoms with Crippen molar-refractivity contribution >= 4 is 43.9 Å². The average molecular weight is 642 g/mol. The van der Waals surface area contributed by atoms with Gasteiger partial charge >= 0.3 is 0 Å². The first-order valence-corrected chi connectivity index (χ1v) is 16.6. The van der Waals surface area contributed by atoms with Gasteiger partial charge in [0, 0.05) is 61.8 Å². The molecule has 0 saturated heterocycles. The van der Waals surface area contributed by atoms with E-state index in [1.54, 1.807) is 6.20 Å². The Morgan fingerprint density at radius 2 is 1.06 bits per heavy atom. The van der Waals surface area contributed by atoms with E-state index in [9.17, 15) is 0 Å². The van der Waals surface area contributed by atoms with Crippen LogP contribution in [-0.2, 0) is 0 Å². The fourth-order valence-electron chi connectivity index (χ4n) is 7.06. The van der Waals surface area contributed by atoms with Crippen molar-refractivity contribution in [2.24, 2.45) is 0 Å². The third kappa shape index (κ3) is 4.60. The monoisotopic (exact) mass is 641 g/mol. The molecule has 10 rings (SSSR count). The van der Waals surface area contributed by atoms with Gasteiger partial charge < -0.3 is 8.83 Å². The van der Waals surface area contributed by atoms with Crippen molar-refractivity contribution < 1.29 is 8.83 Å². The van der Waals surface area contributed by atoms with E-state index in [1.165, 1.54) is 0 Å². The molecule has 0 fully saturated rings. The number of fused-ring (bicyclic) bond motifs is 6. The molecule has 4 aromatic heterocycles. The minimum absolute atomic E-state index is 0.632. The molecular weight excluding hydrogens is 615 g/mol. The second-order valence-electron chi connectivity index (χ2n) is 12.4. The molecule has 0 bridgehead atoms. The zero-order chi connectivity index (χ0) is 33.0. The average Bonchev–Trinajstić information content (AvgIpc) is 3.77. The summed E-state index contributed by atoms with van der Waals surface area (Å²) in [6, 6.07) is 51.7. The van der Waals surface area contributed by atoms with Gasteiger partial charge in [-0.3, -0.25) is 4.98 Å². The molecule has 0 aliphatic heterocycles. The number of pyridine rings is 1. The van der Waals surface area contributed by atoms with Crippen LogP contribution in [0.2, 0.25) is 0 Å². The summed E-state index contributed by atoms with van der Waals surface area (Å²) in [5, 5.41) is 4.24. The maximum Gasteiger partial charge on any atom is 0.160 e. The summed E-state index contributed by atoms with van der Waals surface area (Å²) >= 11 is 0. The second-order valence-corrected chi connectivity index (χ2v) is 12.4. The number of furan rings is 2. The number of rotatable bonds is 5. The lowest BCUT2D eigenvalue weighted by atomic mass is 9.94. The van der Waals surface area contributed by atoms with E-state index in [0.717, 1.165) is 94.2 Å². The van der Waals surface area contributed by atoms with Crippen LogP contribution in [0.15, 0.2) is 173 Å². The smallest absolute Gasteiger partial charge is 0.160 e. The van der Waals surface area contributed by atoms with Gasteiger partial charge in [-0.05, 0) is 47.5 Å². The molecule has 10 aromatic rings. The normalized spacial score (nSPS) is 11.6. The van der Waals surface area contributed by atoms with Crippen molar-refractivity contribution in [1.82, 2.24) is 15.0 Å². The standard InChI is InChI=1S/C45H27N3O2/c1-2-11-28(12-3-1)38-26-39(48-45(47-38)30-14-8-13-29(25-30)31-15-10-24-46-27-31)36-23-22-33(42-37-17-5-7-21-41(37)50-44(36)42)35-19-9-18-34-32-16-4-6-20-40(32)49-43(34)35/h1-27H. The van der Waals surface area contributed by atoms with Crippen molar-refractivity contribution in [1.29, 1.82) is 0 Å². The van der Waals surface area contributed by atoms with Gasteiger partial charge in [0.25, 0.3) is 0 Å². The highest BCUT2D eigenvalue weighted by atomic mass is 16.3. The highest BCUT2D eigenvalue weighted by Gasteiger charge is 2.22. The number of nitrogens with zero attached hydrogens (tertiary/aromatic N) is 3. The number of hydrogen-bond acceptors (Lipinski definition) is 5. The lowest BCUT2D eigenvalue weighted by molar-refractivity contribution is 0.669. The van der Waals surface area contributed by atoms with Crippen molar-refractivity contribution in [3.8, 4) is 56.2 Å². The molecule has 5 nitrogen and oxygen atoms in total. The molecular formula is C45H27N3O2. The molecule has 0 atom stereocenters. The number of aromatic nitrogens is 3. The zero-order valence-corrected chi connectivity index (χ0v) is 26.7. The number of hydrogen-bond donors (Lipinski definition) is 0. The molecule has 0 spiro atoms. The molecule has 4 heterocycles. The first-order valence-electron chi connectivity index (χ1n) is 16.6. The van der Waals surface area contributed by atoms with Crippen LogP contribution in [0, 0.1) is 0 Å². The Kier molecular flexibility index (Phi) is 6.42. The third-order valence-corrected chi connectivity index (χ3v) is 9.41. The molecule has 50 heavy (non-hydrogen) atoms. The number of para-hydroxylation sites is 3. The SMILES string of the molecule is c1ccc(-c2cc(-c3ccc(-c4cccc5c4oc4ccccc45)c4c3oc3ccccc34)nc(-c3cccc(-c4cccnc4)c3)n2)cc1. The van der Waals surface area contributed by atoms with Crippen molar-refractivity contribution in [3.05, 3.63) is 164 Å². The fraction of sp³-hybridized carbons (Fsp3) is 0. The predicted octanol–water partition coefficient (Wildman–Crippen LogP) is 12.0. The van der Waals surface area contributed by atoms with Crippen molar-refractivity contribution in [3.63, 3.8) is 0 Å². The van der Waals surface area contributed by atoms with Gasteiger partial charge in [0.15, 0.2) is 5.82 Å². The van der Waals surface area contributed by atoms with E-state index >= 15 is 0 Å². The van der Waals surface area contributed by atoms with E-state index in [1.807, 2.05) is 60.8 Å². The molecule has 5 heteroatoms. The Morgan fingerprint density at radius 3 is 1.92 bits per heavy atom. The topological polar surface area (TPSA) is 65.0 Å². The van der Waals surface area contributed by atoms with Gasteiger partial charge in [0.2, 0.25) is 0 Å². The lowest BCUT2D eigenvalue weighted by Gasteiger charge is -2.12. The van der Waals surface area contributed by atoms with E-state index in [-0.39, 0.29) is 0 Å². The Bertz CT molecular complexity index is 2870. The van der Waals surface area contributed by atoms with Gasteiger partial charge in [-0.1, -0.05) is 115 Å². The molecule has 0 saturated carbocycles. The highest BCUT2D eigenvalue weighted by Crippen LogP contribution is 2.45. The molecule has 6 aromatic carbocycles.